The Bertz CT molecular complexity index is 685. The fraction of sp³-hybridized carbons (Fsp3) is 0.316. The van der Waals surface area contributed by atoms with Crippen molar-refractivity contribution in [3.05, 3.63) is 54.1 Å². The largest absolute Gasteiger partial charge is 0.496 e. The molecule has 4 nitrogen and oxygen atoms in total. The zero-order chi connectivity index (χ0) is 16.1. The van der Waals surface area contributed by atoms with Crippen molar-refractivity contribution in [1.29, 1.82) is 0 Å². The van der Waals surface area contributed by atoms with E-state index in [0.717, 1.165) is 23.4 Å². The molecule has 0 aromatic heterocycles. The maximum absolute atomic E-state index is 12.2. The van der Waals surface area contributed by atoms with Crippen LogP contribution in [0.4, 0.5) is 0 Å². The van der Waals surface area contributed by atoms with Gasteiger partial charge in [0.25, 0.3) is 0 Å². The fourth-order valence-corrected chi connectivity index (χ4v) is 3.05. The standard InChI is InChI=1S/C19H22N2O2/c1-23-18-9-5-4-8-17(18)16-7-3-2-6-14(16)12-15-13-20-10-11-21-19(15)22/h2-9,15,20H,10-13H2,1H3,(H,21,22). The molecule has 1 fully saturated rings. The van der Waals surface area contributed by atoms with Crippen LogP contribution in [0.2, 0.25) is 0 Å². The van der Waals surface area contributed by atoms with Crippen LogP contribution < -0.4 is 15.4 Å². The molecule has 0 saturated carbocycles. The molecule has 1 aliphatic rings. The van der Waals surface area contributed by atoms with Gasteiger partial charge in [0.05, 0.1) is 13.0 Å². The summed E-state index contributed by atoms with van der Waals surface area (Å²) in [6.07, 6.45) is 0.715. The first kappa shape index (κ1) is 15.6. The van der Waals surface area contributed by atoms with Gasteiger partial charge in [0.2, 0.25) is 5.91 Å². The molecule has 2 aromatic carbocycles. The monoisotopic (exact) mass is 310 g/mol. The third-order valence-corrected chi connectivity index (χ3v) is 4.24. The Morgan fingerprint density at radius 2 is 1.78 bits per heavy atom. The maximum Gasteiger partial charge on any atom is 0.224 e. The van der Waals surface area contributed by atoms with Crippen molar-refractivity contribution in [2.24, 2.45) is 5.92 Å². The van der Waals surface area contributed by atoms with Crippen LogP contribution in [0.5, 0.6) is 5.75 Å². The van der Waals surface area contributed by atoms with Crippen LogP contribution >= 0.6 is 0 Å². The van der Waals surface area contributed by atoms with Crippen molar-refractivity contribution in [3.63, 3.8) is 0 Å². The Kier molecular flexibility index (Phi) is 4.93. The molecule has 1 amide bonds. The average molecular weight is 310 g/mol. The molecule has 0 aliphatic carbocycles. The first-order chi connectivity index (χ1) is 11.3. The lowest BCUT2D eigenvalue weighted by Gasteiger charge is -2.17. The van der Waals surface area contributed by atoms with Gasteiger partial charge in [0.1, 0.15) is 5.75 Å². The van der Waals surface area contributed by atoms with E-state index in [1.165, 1.54) is 5.56 Å². The van der Waals surface area contributed by atoms with Crippen molar-refractivity contribution >= 4 is 5.91 Å². The molecule has 2 aromatic rings. The van der Waals surface area contributed by atoms with Gasteiger partial charge in [-0.25, -0.2) is 0 Å². The molecule has 0 bridgehead atoms. The molecular weight excluding hydrogens is 288 g/mol. The minimum Gasteiger partial charge on any atom is -0.496 e. The number of amides is 1. The van der Waals surface area contributed by atoms with Gasteiger partial charge in [-0.05, 0) is 23.6 Å². The number of methoxy groups -OCH3 is 1. The minimum atomic E-state index is -0.0478. The zero-order valence-electron chi connectivity index (χ0n) is 13.3. The molecule has 1 unspecified atom stereocenters. The average Bonchev–Trinajstić information content (AvgIpc) is 2.80. The molecule has 0 radical (unpaired) electrons. The Labute approximate surface area is 136 Å². The van der Waals surface area contributed by atoms with Crippen LogP contribution in [-0.2, 0) is 11.2 Å². The van der Waals surface area contributed by atoms with E-state index in [1.54, 1.807) is 7.11 Å². The van der Waals surface area contributed by atoms with Gasteiger partial charge in [-0.2, -0.15) is 0 Å². The zero-order valence-corrected chi connectivity index (χ0v) is 13.3. The number of carbonyl (C=O) groups is 1. The molecule has 1 saturated heterocycles. The summed E-state index contributed by atoms with van der Waals surface area (Å²) in [5.41, 5.74) is 3.36. The maximum atomic E-state index is 12.2. The lowest BCUT2D eigenvalue weighted by Crippen LogP contribution is -2.32. The van der Waals surface area contributed by atoms with Gasteiger partial charge < -0.3 is 15.4 Å². The number of ether oxygens (including phenoxy) is 1. The van der Waals surface area contributed by atoms with Gasteiger partial charge in [-0.15, -0.1) is 0 Å². The number of hydrogen-bond acceptors (Lipinski definition) is 3. The highest BCUT2D eigenvalue weighted by molar-refractivity contribution is 5.80. The van der Waals surface area contributed by atoms with E-state index < -0.39 is 0 Å². The third kappa shape index (κ3) is 3.54. The summed E-state index contributed by atoms with van der Waals surface area (Å²) in [7, 11) is 1.68. The highest BCUT2D eigenvalue weighted by Gasteiger charge is 2.22. The minimum absolute atomic E-state index is 0.0478. The Hall–Kier alpha value is -2.33. The number of benzene rings is 2. The predicted octanol–water partition coefficient (Wildman–Crippen LogP) is 2.24. The van der Waals surface area contributed by atoms with Gasteiger partial charge >= 0.3 is 0 Å². The fourth-order valence-electron chi connectivity index (χ4n) is 3.05. The van der Waals surface area contributed by atoms with Crippen molar-refractivity contribution in [2.45, 2.75) is 6.42 Å². The Morgan fingerprint density at radius 1 is 1.04 bits per heavy atom. The highest BCUT2D eigenvalue weighted by Crippen LogP contribution is 2.33. The topological polar surface area (TPSA) is 50.4 Å². The first-order valence-electron chi connectivity index (χ1n) is 7.99. The summed E-state index contributed by atoms with van der Waals surface area (Å²) in [4.78, 5) is 12.2. The SMILES string of the molecule is COc1ccccc1-c1ccccc1CC1CNCCNC1=O. The summed E-state index contributed by atoms with van der Waals surface area (Å²) in [6.45, 7) is 2.24. The van der Waals surface area contributed by atoms with Crippen LogP contribution in [0.25, 0.3) is 11.1 Å². The number of para-hydroxylation sites is 1. The molecule has 1 atom stereocenters. The predicted molar refractivity (Wildman–Crippen MR) is 91.5 cm³/mol. The van der Waals surface area contributed by atoms with Crippen LogP contribution in [0.1, 0.15) is 5.56 Å². The highest BCUT2D eigenvalue weighted by atomic mass is 16.5. The van der Waals surface area contributed by atoms with Crippen molar-refractivity contribution < 1.29 is 9.53 Å². The van der Waals surface area contributed by atoms with E-state index >= 15 is 0 Å². The van der Waals surface area contributed by atoms with Gasteiger partial charge in [0, 0.05) is 25.2 Å². The Morgan fingerprint density at radius 3 is 2.61 bits per heavy atom. The van der Waals surface area contributed by atoms with E-state index in [0.29, 0.717) is 19.5 Å². The second-order valence-corrected chi connectivity index (χ2v) is 5.75. The van der Waals surface area contributed by atoms with Gasteiger partial charge in [0.15, 0.2) is 0 Å². The summed E-state index contributed by atoms with van der Waals surface area (Å²) in [6, 6.07) is 16.2. The lowest BCUT2D eigenvalue weighted by molar-refractivity contribution is -0.124. The van der Waals surface area contributed by atoms with E-state index in [-0.39, 0.29) is 11.8 Å². The number of hydrogen-bond donors (Lipinski definition) is 2. The molecule has 0 spiro atoms. The third-order valence-electron chi connectivity index (χ3n) is 4.24. The lowest BCUT2D eigenvalue weighted by atomic mass is 9.91. The Balaban J connectivity index is 1.93. The first-order valence-corrected chi connectivity index (χ1v) is 7.99. The summed E-state index contributed by atoms with van der Waals surface area (Å²) >= 11 is 0. The molecule has 120 valence electrons. The summed E-state index contributed by atoms with van der Waals surface area (Å²) < 4.78 is 5.49. The molecule has 3 rings (SSSR count). The van der Waals surface area contributed by atoms with Crippen LogP contribution in [-0.4, -0.2) is 32.7 Å². The van der Waals surface area contributed by atoms with E-state index in [9.17, 15) is 4.79 Å². The van der Waals surface area contributed by atoms with Crippen LogP contribution in [0.3, 0.4) is 0 Å². The van der Waals surface area contributed by atoms with Crippen molar-refractivity contribution in [2.75, 3.05) is 26.7 Å². The van der Waals surface area contributed by atoms with Crippen molar-refractivity contribution in [1.82, 2.24) is 10.6 Å². The molecule has 1 aliphatic heterocycles. The van der Waals surface area contributed by atoms with E-state index in [2.05, 4.69) is 28.8 Å². The molecule has 1 heterocycles. The number of carbonyl (C=O) groups excluding carboxylic acids is 1. The smallest absolute Gasteiger partial charge is 0.224 e. The quantitative estimate of drug-likeness (QED) is 0.910. The van der Waals surface area contributed by atoms with Crippen LogP contribution in [0.15, 0.2) is 48.5 Å². The summed E-state index contributed by atoms with van der Waals surface area (Å²) in [5.74, 6) is 0.932. The summed E-state index contributed by atoms with van der Waals surface area (Å²) in [5, 5.41) is 6.29. The second kappa shape index (κ2) is 7.29. The molecule has 2 N–H and O–H groups in total. The van der Waals surface area contributed by atoms with Crippen molar-refractivity contribution in [3.8, 4) is 16.9 Å². The second-order valence-electron chi connectivity index (χ2n) is 5.75. The molecular formula is C19H22N2O2. The molecule has 4 heteroatoms. The van der Waals surface area contributed by atoms with Gasteiger partial charge in [-0.3, -0.25) is 4.79 Å². The van der Waals surface area contributed by atoms with Gasteiger partial charge in [-0.1, -0.05) is 42.5 Å². The van der Waals surface area contributed by atoms with Crippen LogP contribution in [0, 0.1) is 5.92 Å². The number of nitrogens with one attached hydrogen (secondary N) is 2. The normalized spacial score (nSPS) is 18.1. The van der Waals surface area contributed by atoms with E-state index in [4.69, 9.17) is 4.74 Å². The van der Waals surface area contributed by atoms with E-state index in [1.807, 2.05) is 30.3 Å². The molecule has 23 heavy (non-hydrogen) atoms. The number of rotatable bonds is 4.